The van der Waals surface area contributed by atoms with Crippen LogP contribution in [0.1, 0.15) is 18.2 Å². The lowest BCUT2D eigenvalue weighted by Gasteiger charge is -2.04. The summed E-state index contributed by atoms with van der Waals surface area (Å²) in [4.78, 5) is 7.71. The molecule has 17 heavy (non-hydrogen) atoms. The minimum Gasteiger partial charge on any atom is -0.507 e. The van der Waals surface area contributed by atoms with Crippen molar-refractivity contribution in [3.8, 4) is 17.0 Å². The highest BCUT2D eigenvalue weighted by Crippen LogP contribution is 2.29. The third-order valence-corrected chi connectivity index (χ3v) is 3.24. The topological polar surface area (TPSA) is 60.9 Å². The molecule has 88 valence electrons. The number of rotatable bonds is 2. The Balaban J connectivity index is 1.92. The number of H-pyrrole nitrogens is 1. The first-order valence-corrected chi connectivity index (χ1v) is 5.88. The minimum atomic E-state index is 0.284. The Kier molecular flexibility index (Phi) is 2.57. The lowest BCUT2D eigenvalue weighted by molar-refractivity contribution is 0.477. The number of nitrogens with zero attached hydrogens (tertiary/aromatic N) is 1. The summed E-state index contributed by atoms with van der Waals surface area (Å²) in [5.74, 6) is 1.76. The van der Waals surface area contributed by atoms with E-state index < -0.39 is 0 Å². The van der Waals surface area contributed by atoms with E-state index >= 15 is 0 Å². The van der Waals surface area contributed by atoms with Crippen molar-refractivity contribution in [2.24, 2.45) is 0 Å². The third kappa shape index (κ3) is 1.91. The molecule has 1 aromatic carbocycles. The molecule has 4 nitrogen and oxygen atoms in total. The van der Waals surface area contributed by atoms with Gasteiger partial charge in [0, 0.05) is 18.0 Å². The van der Waals surface area contributed by atoms with E-state index in [1.165, 1.54) is 0 Å². The molecule has 1 saturated heterocycles. The molecule has 1 aliphatic heterocycles. The van der Waals surface area contributed by atoms with E-state index in [1.807, 2.05) is 18.2 Å². The number of aromatic hydroxyl groups is 1. The number of hydrogen-bond acceptors (Lipinski definition) is 3. The van der Waals surface area contributed by atoms with E-state index in [1.54, 1.807) is 12.3 Å². The molecule has 0 spiro atoms. The number of para-hydroxylation sites is 1. The van der Waals surface area contributed by atoms with Crippen LogP contribution in [0.25, 0.3) is 11.3 Å². The van der Waals surface area contributed by atoms with Crippen molar-refractivity contribution < 1.29 is 5.11 Å². The maximum absolute atomic E-state index is 9.78. The normalized spacial score (nSPS) is 19.6. The average molecular weight is 229 g/mol. The summed E-state index contributed by atoms with van der Waals surface area (Å²) in [6.45, 7) is 2.03. The van der Waals surface area contributed by atoms with Gasteiger partial charge in [-0.1, -0.05) is 12.1 Å². The van der Waals surface area contributed by atoms with Crippen LogP contribution in [-0.4, -0.2) is 28.2 Å². The SMILES string of the molecule is Oc1ccccc1-c1cnc(C2CCNC2)[nH]1. The summed E-state index contributed by atoms with van der Waals surface area (Å²) in [7, 11) is 0. The summed E-state index contributed by atoms with van der Waals surface area (Å²) in [6.07, 6.45) is 2.91. The quantitative estimate of drug-likeness (QED) is 0.736. The number of phenolic OH excluding ortho intramolecular Hbond substituents is 1. The van der Waals surface area contributed by atoms with Gasteiger partial charge in [0.05, 0.1) is 11.9 Å². The molecule has 2 aromatic rings. The van der Waals surface area contributed by atoms with Crippen molar-refractivity contribution >= 4 is 0 Å². The molecule has 0 amide bonds. The van der Waals surface area contributed by atoms with Crippen LogP contribution in [0.15, 0.2) is 30.5 Å². The molecule has 1 atom stereocenters. The Morgan fingerprint density at radius 2 is 2.18 bits per heavy atom. The van der Waals surface area contributed by atoms with Crippen LogP contribution in [0, 0.1) is 0 Å². The second-order valence-electron chi connectivity index (χ2n) is 4.39. The van der Waals surface area contributed by atoms with E-state index in [9.17, 15) is 5.11 Å². The van der Waals surface area contributed by atoms with E-state index in [4.69, 9.17) is 0 Å². The Labute approximate surface area is 99.7 Å². The molecular weight excluding hydrogens is 214 g/mol. The zero-order chi connectivity index (χ0) is 11.7. The first-order chi connectivity index (χ1) is 8.34. The molecule has 2 heterocycles. The van der Waals surface area contributed by atoms with Gasteiger partial charge in [0.15, 0.2) is 0 Å². The van der Waals surface area contributed by atoms with Gasteiger partial charge >= 0.3 is 0 Å². The average Bonchev–Trinajstić information content (AvgIpc) is 3.00. The van der Waals surface area contributed by atoms with Crippen LogP contribution >= 0.6 is 0 Å². The highest BCUT2D eigenvalue weighted by molar-refractivity contribution is 5.66. The van der Waals surface area contributed by atoms with Gasteiger partial charge in [-0.25, -0.2) is 4.98 Å². The van der Waals surface area contributed by atoms with Gasteiger partial charge in [-0.3, -0.25) is 0 Å². The van der Waals surface area contributed by atoms with Crippen molar-refractivity contribution in [2.45, 2.75) is 12.3 Å². The second-order valence-corrected chi connectivity index (χ2v) is 4.39. The van der Waals surface area contributed by atoms with E-state index in [2.05, 4.69) is 15.3 Å². The number of aromatic amines is 1. The first-order valence-electron chi connectivity index (χ1n) is 5.88. The fraction of sp³-hybridized carbons (Fsp3) is 0.308. The van der Waals surface area contributed by atoms with Crippen molar-refractivity contribution in [1.29, 1.82) is 0 Å². The number of hydrogen-bond donors (Lipinski definition) is 3. The van der Waals surface area contributed by atoms with Gasteiger partial charge in [0.2, 0.25) is 0 Å². The Morgan fingerprint density at radius 3 is 2.94 bits per heavy atom. The number of benzene rings is 1. The van der Waals surface area contributed by atoms with Gasteiger partial charge in [-0.05, 0) is 25.1 Å². The molecule has 1 unspecified atom stereocenters. The number of imidazole rings is 1. The highest BCUT2D eigenvalue weighted by atomic mass is 16.3. The zero-order valence-corrected chi connectivity index (χ0v) is 9.48. The van der Waals surface area contributed by atoms with Crippen LogP contribution in [-0.2, 0) is 0 Å². The predicted octanol–water partition coefficient (Wildman–Crippen LogP) is 1.86. The maximum Gasteiger partial charge on any atom is 0.124 e. The molecule has 1 aliphatic rings. The smallest absolute Gasteiger partial charge is 0.124 e. The monoisotopic (exact) mass is 229 g/mol. The van der Waals surface area contributed by atoms with E-state index in [0.717, 1.165) is 36.6 Å². The van der Waals surface area contributed by atoms with Crippen LogP contribution < -0.4 is 5.32 Å². The summed E-state index contributed by atoms with van der Waals surface area (Å²) < 4.78 is 0. The van der Waals surface area contributed by atoms with Gasteiger partial charge in [-0.2, -0.15) is 0 Å². The van der Waals surface area contributed by atoms with Gasteiger partial charge < -0.3 is 15.4 Å². The van der Waals surface area contributed by atoms with Crippen molar-refractivity contribution in [3.63, 3.8) is 0 Å². The fourth-order valence-electron chi connectivity index (χ4n) is 2.27. The molecule has 0 radical (unpaired) electrons. The predicted molar refractivity (Wildman–Crippen MR) is 65.9 cm³/mol. The lowest BCUT2D eigenvalue weighted by Crippen LogP contribution is -2.08. The lowest BCUT2D eigenvalue weighted by atomic mass is 10.1. The molecule has 3 rings (SSSR count). The molecular formula is C13H15N3O. The second kappa shape index (κ2) is 4.22. The summed E-state index contributed by atoms with van der Waals surface area (Å²) in [5.41, 5.74) is 1.68. The van der Waals surface area contributed by atoms with Crippen molar-refractivity contribution in [2.75, 3.05) is 13.1 Å². The maximum atomic E-state index is 9.78. The summed E-state index contributed by atoms with van der Waals surface area (Å²) >= 11 is 0. The summed E-state index contributed by atoms with van der Waals surface area (Å²) in [6, 6.07) is 7.30. The van der Waals surface area contributed by atoms with Crippen LogP contribution in [0.4, 0.5) is 0 Å². The van der Waals surface area contributed by atoms with Crippen molar-refractivity contribution in [1.82, 2.24) is 15.3 Å². The number of nitrogens with one attached hydrogen (secondary N) is 2. The van der Waals surface area contributed by atoms with Gasteiger partial charge in [-0.15, -0.1) is 0 Å². The molecule has 4 heteroatoms. The first kappa shape index (κ1) is 10.4. The Bertz CT molecular complexity index is 515. The zero-order valence-electron chi connectivity index (χ0n) is 9.48. The van der Waals surface area contributed by atoms with Gasteiger partial charge in [0.25, 0.3) is 0 Å². The standard InChI is InChI=1S/C13H15N3O/c17-12-4-2-1-3-10(12)11-8-15-13(16-11)9-5-6-14-7-9/h1-4,8-9,14,17H,5-7H2,(H,15,16). The van der Waals surface area contributed by atoms with Crippen LogP contribution in [0.5, 0.6) is 5.75 Å². The minimum absolute atomic E-state index is 0.284. The third-order valence-electron chi connectivity index (χ3n) is 3.24. The van der Waals surface area contributed by atoms with Crippen molar-refractivity contribution in [3.05, 3.63) is 36.3 Å². The molecule has 0 saturated carbocycles. The summed E-state index contributed by atoms with van der Waals surface area (Å²) in [5, 5.41) is 13.1. The molecule has 0 bridgehead atoms. The van der Waals surface area contributed by atoms with Crippen LogP contribution in [0.2, 0.25) is 0 Å². The molecule has 0 aliphatic carbocycles. The molecule has 1 aromatic heterocycles. The van der Waals surface area contributed by atoms with Gasteiger partial charge in [0.1, 0.15) is 11.6 Å². The fourth-order valence-corrected chi connectivity index (χ4v) is 2.27. The van der Waals surface area contributed by atoms with E-state index in [-0.39, 0.29) is 5.75 Å². The highest BCUT2D eigenvalue weighted by Gasteiger charge is 2.19. The Morgan fingerprint density at radius 1 is 1.29 bits per heavy atom. The Hall–Kier alpha value is -1.81. The van der Waals surface area contributed by atoms with Crippen LogP contribution in [0.3, 0.4) is 0 Å². The molecule has 3 N–H and O–H groups in total. The number of aromatic nitrogens is 2. The number of phenols is 1. The van der Waals surface area contributed by atoms with E-state index in [0.29, 0.717) is 5.92 Å². The molecule has 1 fully saturated rings. The largest absolute Gasteiger partial charge is 0.507 e.